The van der Waals surface area contributed by atoms with Gasteiger partial charge in [-0.15, -0.1) is 22.7 Å². The van der Waals surface area contributed by atoms with Gasteiger partial charge in [0.15, 0.2) is 0 Å². The van der Waals surface area contributed by atoms with Gasteiger partial charge in [0.1, 0.15) is 5.01 Å². The first kappa shape index (κ1) is 13.5. The van der Waals surface area contributed by atoms with Crippen LogP contribution in [0.3, 0.4) is 0 Å². The average Bonchev–Trinajstić information content (AvgIpc) is 3.07. The summed E-state index contributed by atoms with van der Waals surface area (Å²) in [6.07, 6.45) is 0. The molecule has 0 amide bonds. The number of hydrogen-bond donors (Lipinski definition) is 1. The highest BCUT2D eigenvalue weighted by molar-refractivity contribution is 7.19. The minimum absolute atomic E-state index is 0.399. The zero-order valence-corrected chi connectivity index (χ0v) is 13.1. The lowest BCUT2D eigenvalue weighted by atomic mass is 10.2. The van der Waals surface area contributed by atoms with Gasteiger partial charge in [0, 0.05) is 31.6 Å². The number of rotatable bonds is 3. The number of thiophene rings is 1. The van der Waals surface area contributed by atoms with E-state index < -0.39 is 0 Å². The molecular weight excluding hydrogens is 298 g/mol. The van der Waals surface area contributed by atoms with E-state index in [1.54, 1.807) is 22.7 Å². The number of piperazine rings is 1. The van der Waals surface area contributed by atoms with Crippen LogP contribution in [0.2, 0.25) is 4.34 Å². The van der Waals surface area contributed by atoms with Crippen LogP contribution >= 0.6 is 34.3 Å². The highest BCUT2D eigenvalue weighted by atomic mass is 35.5. The van der Waals surface area contributed by atoms with Crippen molar-refractivity contribution in [3.8, 4) is 10.6 Å². The van der Waals surface area contributed by atoms with Gasteiger partial charge in [-0.05, 0) is 19.1 Å². The van der Waals surface area contributed by atoms with E-state index >= 15 is 0 Å². The fourth-order valence-electron chi connectivity index (χ4n) is 2.27. The summed E-state index contributed by atoms with van der Waals surface area (Å²) in [6, 6.07) is 4.37. The van der Waals surface area contributed by atoms with Crippen LogP contribution in [0, 0.1) is 0 Å². The fraction of sp³-hybridized carbons (Fsp3) is 0.462. The van der Waals surface area contributed by atoms with Gasteiger partial charge in [-0.25, -0.2) is 4.98 Å². The van der Waals surface area contributed by atoms with Crippen LogP contribution < -0.4 is 5.32 Å². The van der Waals surface area contributed by atoms with Crippen molar-refractivity contribution in [2.45, 2.75) is 13.0 Å². The van der Waals surface area contributed by atoms with Gasteiger partial charge in [-0.1, -0.05) is 11.6 Å². The molecule has 1 aliphatic heterocycles. The summed E-state index contributed by atoms with van der Waals surface area (Å²) in [4.78, 5) is 8.42. The monoisotopic (exact) mass is 313 g/mol. The second kappa shape index (κ2) is 5.89. The number of nitrogens with zero attached hydrogens (tertiary/aromatic N) is 2. The lowest BCUT2D eigenvalue weighted by molar-refractivity contribution is 0.185. The summed E-state index contributed by atoms with van der Waals surface area (Å²) >= 11 is 9.31. The van der Waals surface area contributed by atoms with Crippen LogP contribution in [0.4, 0.5) is 0 Å². The normalized spacial score (nSPS) is 18.6. The first-order chi connectivity index (χ1) is 9.24. The summed E-state index contributed by atoms with van der Waals surface area (Å²) in [5.74, 6) is 0. The molecular formula is C13H16ClN3S2. The third kappa shape index (κ3) is 3.01. The van der Waals surface area contributed by atoms with Gasteiger partial charge in [0.05, 0.1) is 20.9 Å². The van der Waals surface area contributed by atoms with Gasteiger partial charge in [0.2, 0.25) is 0 Å². The molecule has 3 nitrogen and oxygen atoms in total. The Morgan fingerprint density at radius 1 is 1.37 bits per heavy atom. The van der Waals surface area contributed by atoms with Gasteiger partial charge < -0.3 is 5.32 Å². The van der Waals surface area contributed by atoms with E-state index in [1.165, 1.54) is 5.01 Å². The smallest absolute Gasteiger partial charge is 0.110 e. The molecule has 102 valence electrons. The van der Waals surface area contributed by atoms with Crippen LogP contribution in [-0.2, 0) is 0 Å². The Labute approximate surface area is 126 Å². The lowest BCUT2D eigenvalue weighted by Crippen LogP contribution is -2.44. The van der Waals surface area contributed by atoms with Crippen molar-refractivity contribution in [1.29, 1.82) is 0 Å². The summed E-state index contributed by atoms with van der Waals surface area (Å²) in [5, 5.41) is 6.71. The van der Waals surface area contributed by atoms with Crippen LogP contribution in [-0.4, -0.2) is 36.1 Å². The molecule has 3 heterocycles. The number of thiazole rings is 1. The second-order valence-electron chi connectivity index (χ2n) is 4.64. The largest absolute Gasteiger partial charge is 0.314 e. The van der Waals surface area contributed by atoms with Crippen LogP contribution in [0.25, 0.3) is 10.6 Å². The van der Waals surface area contributed by atoms with Gasteiger partial charge in [-0.3, -0.25) is 4.90 Å². The Bertz CT molecular complexity index is 546. The molecule has 1 unspecified atom stereocenters. The minimum Gasteiger partial charge on any atom is -0.314 e. The molecule has 19 heavy (non-hydrogen) atoms. The van der Waals surface area contributed by atoms with Crippen molar-refractivity contribution in [3.05, 3.63) is 26.9 Å². The second-order valence-corrected chi connectivity index (χ2v) is 7.24. The molecule has 0 bridgehead atoms. The third-order valence-corrected chi connectivity index (χ3v) is 5.67. The van der Waals surface area contributed by atoms with Crippen molar-refractivity contribution in [1.82, 2.24) is 15.2 Å². The Morgan fingerprint density at radius 2 is 2.16 bits per heavy atom. The topological polar surface area (TPSA) is 28.2 Å². The number of halogens is 1. The van der Waals surface area contributed by atoms with E-state index in [9.17, 15) is 0 Å². The van der Waals surface area contributed by atoms with Crippen molar-refractivity contribution < 1.29 is 0 Å². The van der Waals surface area contributed by atoms with E-state index in [0.717, 1.165) is 41.1 Å². The average molecular weight is 314 g/mol. The van der Waals surface area contributed by atoms with Gasteiger partial charge in [0.25, 0.3) is 0 Å². The van der Waals surface area contributed by atoms with E-state index in [-0.39, 0.29) is 0 Å². The zero-order chi connectivity index (χ0) is 13.2. The summed E-state index contributed by atoms with van der Waals surface area (Å²) in [6.45, 7) is 6.59. The van der Waals surface area contributed by atoms with Crippen LogP contribution in [0.5, 0.6) is 0 Å². The quantitative estimate of drug-likeness (QED) is 0.940. The van der Waals surface area contributed by atoms with E-state index in [4.69, 9.17) is 16.6 Å². The van der Waals surface area contributed by atoms with Crippen molar-refractivity contribution in [3.63, 3.8) is 0 Å². The van der Waals surface area contributed by atoms with Crippen LogP contribution in [0.15, 0.2) is 17.5 Å². The standard InChI is InChI=1S/C13H16ClN3S2/c1-9(17-6-4-15-5-7-17)13-16-10(8-18-13)11-2-3-12(14)19-11/h2-3,8-9,15H,4-7H2,1H3. The van der Waals surface area contributed by atoms with Crippen molar-refractivity contribution in [2.24, 2.45) is 0 Å². The predicted octanol–water partition coefficient (Wildman–Crippen LogP) is 3.49. The highest BCUT2D eigenvalue weighted by Crippen LogP contribution is 2.33. The highest BCUT2D eigenvalue weighted by Gasteiger charge is 2.20. The molecule has 6 heteroatoms. The molecule has 1 aliphatic rings. The fourth-order valence-corrected chi connectivity index (χ4v) is 4.26. The molecule has 2 aromatic rings. The Morgan fingerprint density at radius 3 is 2.84 bits per heavy atom. The Hall–Kier alpha value is -0.460. The minimum atomic E-state index is 0.399. The third-order valence-electron chi connectivity index (χ3n) is 3.40. The molecule has 1 atom stereocenters. The number of aromatic nitrogens is 1. The molecule has 0 aliphatic carbocycles. The molecule has 1 N–H and O–H groups in total. The molecule has 1 fully saturated rings. The molecule has 1 saturated heterocycles. The summed E-state index contributed by atoms with van der Waals surface area (Å²) in [5.41, 5.74) is 1.05. The first-order valence-corrected chi connectivity index (χ1v) is 8.47. The maximum atomic E-state index is 5.98. The zero-order valence-electron chi connectivity index (χ0n) is 10.7. The van der Waals surface area contributed by atoms with Gasteiger partial charge in [-0.2, -0.15) is 0 Å². The first-order valence-electron chi connectivity index (χ1n) is 6.40. The molecule has 0 saturated carbocycles. The molecule has 0 radical (unpaired) electrons. The SMILES string of the molecule is CC(c1nc(-c2ccc(Cl)s2)cs1)N1CCNCC1. The van der Waals surface area contributed by atoms with E-state index in [1.807, 2.05) is 12.1 Å². The number of nitrogens with one attached hydrogen (secondary N) is 1. The Kier molecular flexibility index (Phi) is 4.19. The summed E-state index contributed by atoms with van der Waals surface area (Å²) < 4.78 is 0.819. The number of hydrogen-bond acceptors (Lipinski definition) is 5. The maximum Gasteiger partial charge on any atom is 0.110 e. The summed E-state index contributed by atoms with van der Waals surface area (Å²) in [7, 11) is 0. The predicted molar refractivity (Wildman–Crippen MR) is 83.3 cm³/mol. The van der Waals surface area contributed by atoms with Gasteiger partial charge >= 0.3 is 0 Å². The van der Waals surface area contributed by atoms with E-state index in [2.05, 4.69) is 22.5 Å². The van der Waals surface area contributed by atoms with Crippen molar-refractivity contribution >= 4 is 34.3 Å². The Balaban J connectivity index is 1.76. The van der Waals surface area contributed by atoms with Crippen molar-refractivity contribution in [2.75, 3.05) is 26.2 Å². The molecule has 3 rings (SSSR count). The maximum absolute atomic E-state index is 5.98. The molecule has 2 aromatic heterocycles. The molecule has 0 aromatic carbocycles. The van der Waals surface area contributed by atoms with E-state index in [0.29, 0.717) is 6.04 Å². The van der Waals surface area contributed by atoms with Crippen LogP contribution in [0.1, 0.15) is 18.0 Å². The lowest BCUT2D eigenvalue weighted by Gasteiger charge is -2.31. The molecule has 0 spiro atoms.